The molecule has 0 amide bonds. The van der Waals surface area contributed by atoms with Crippen molar-refractivity contribution < 1.29 is 0 Å². The van der Waals surface area contributed by atoms with Crippen LogP contribution in [0, 0.1) is 0 Å². The van der Waals surface area contributed by atoms with Gasteiger partial charge in [0.25, 0.3) is 0 Å². The van der Waals surface area contributed by atoms with E-state index in [-0.39, 0.29) is 0 Å². The fraction of sp³-hybridized carbons (Fsp3) is 0.0667. The summed E-state index contributed by atoms with van der Waals surface area (Å²) in [5.74, 6) is 0. The zero-order valence-corrected chi connectivity index (χ0v) is 11.9. The Morgan fingerprint density at radius 2 is 1.71 bits per heavy atom. The van der Waals surface area contributed by atoms with Crippen LogP contribution in [0.5, 0.6) is 0 Å². The zero-order chi connectivity index (χ0) is 14.1. The first kappa shape index (κ1) is 12.2. The molecule has 2 aromatic carbocycles. The molecule has 5 nitrogen and oxygen atoms in total. The minimum atomic E-state index is 0.737. The topological polar surface area (TPSA) is 56.5 Å². The van der Waals surface area contributed by atoms with Crippen molar-refractivity contribution in [3.8, 4) is 5.00 Å². The normalized spacial score (nSPS) is 11.0. The predicted molar refractivity (Wildman–Crippen MR) is 81.6 cm³/mol. The second kappa shape index (κ2) is 5.06. The molecule has 0 saturated carbocycles. The molecule has 0 unspecified atom stereocenters. The Balaban J connectivity index is 1.78. The van der Waals surface area contributed by atoms with E-state index < -0.39 is 0 Å². The van der Waals surface area contributed by atoms with Crippen molar-refractivity contribution in [3.63, 3.8) is 0 Å². The Morgan fingerprint density at radius 3 is 2.62 bits per heavy atom. The number of rotatable bonds is 3. The van der Waals surface area contributed by atoms with Gasteiger partial charge < -0.3 is 0 Å². The van der Waals surface area contributed by atoms with Crippen molar-refractivity contribution >= 4 is 22.6 Å². The van der Waals surface area contributed by atoms with Gasteiger partial charge in [-0.05, 0) is 17.7 Å². The third-order valence-electron chi connectivity index (χ3n) is 3.29. The standard InChI is InChI=1S/C15H11N5S/c1-2-6-11(7-3-1)10-13-15(21-19-17-13)20-14-9-5-4-8-12(14)16-18-20/h1-9H,10H2. The molecule has 4 aromatic rings. The lowest BCUT2D eigenvalue weighted by Crippen LogP contribution is -2.00. The number of benzene rings is 2. The molecular weight excluding hydrogens is 282 g/mol. The predicted octanol–water partition coefficient (Wildman–Crippen LogP) is 2.86. The quantitative estimate of drug-likeness (QED) is 0.583. The van der Waals surface area contributed by atoms with E-state index in [4.69, 9.17) is 0 Å². The second-order valence-electron chi connectivity index (χ2n) is 4.68. The molecule has 102 valence electrons. The van der Waals surface area contributed by atoms with Gasteiger partial charge in [-0.3, -0.25) is 0 Å². The van der Waals surface area contributed by atoms with E-state index in [1.54, 1.807) is 0 Å². The van der Waals surface area contributed by atoms with Crippen LogP contribution in [0.1, 0.15) is 11.3 Å². The summed E-state index contributed by atoms with van der Waals surface area (Å²) in [6, 6.07) is 18.1. The van der Waals surface area contributed by atoms with Gasteiger partial charge in [-0.1, -0.05) is 52.2 Å². The molecule has 0 N–H and O–H groups in total. The van der Waals surface area contributed by atoms with E-state index in [0.717, 1.165) is 28.1 Å². The van der Waals surface area contributed by atoms with Crippen molar-refractivity contribution in [2.24, 2.45) is 0 Å². The SMILES string of the molecule is c1ccc(Cc2nnsc2-n2nnc3ccccc32)cc1. The summed E-state index contributed by atoms with van der Waals surface area (Å²) in [5, 5.41) is 13.6. The second-order valence-corrected chi connectivity index (χ2v) is 5.41. The molecule has 0 aliphatic carbocycles. The van der Waals surface area contributed by atoms with E-state index in [1.807, 2.05) is 47.1 Å². The highest BCUT2D eigenvalue weighted by Crippen LogP contribution is 2.22. The molecule has 21 heavy (non-hydrogen) atoms. The molecule has 0 aliphatic rings. The van der Waals surface area contributed by atoms with Gasteiger partial charge in [0.05, 0.1) is 5.52 Å². The van der Waals surface area contributed by atoms with Gasteiger partial charge in [0.15, 0.2) is 5.00 Å². The molecule has 0 saturated heterocycles. The van der Waals surface area contributed by atoms with Crippen molar-refractivity contribution in [1.29, 1.82) is 0 Å². The van der Waals surface area contributed by atoms with E-state index in [1.165, 1.54) is 17.1 Å². The maximum atomic E-state index is 4.25. The molecular formula is C15H11N5S. The van der Waals surface area contributed by atoms with E-state index >= 15 is 0 Å². The van der Waals surface area contributed by atoms with Crippen LogP contribution in [0.25, 0.3) is 16.0 Å². The molecule has 2 aromatic heterocycles. The van der Waals surface area contributed by atoms with Crippen LogP contribution in [0.3, 0.4) is 0 Å². The molecule has 0 bridgehead atoms. The highest BCUT2D eigenvalue weighted by atomic mass is 32.1. The van der Waals surface area contributed by atoms with Crippen LogP contribution < -0.4 is 0 Å². The largest absolute Gasteiger partial charge is 0.199 e. The van der Waals surface area contributed by atoms with E-state index in [9.17, 15) is 0 Å². The van der Waals surface area contributed by atoms with Crippen LogP contribution in [0.4, 0.5) is 0 Å². The van der Waals surface area contributed by atoms with Gasteiger partial charge in [-0.2, -0.15) is 4.68 Å². The number of aromatic nitrogens is 5. The first-order valence-electron chi connectivity index (χ1n) is 6.58. The summed E-state index contributed by atoms with van der Waals surface area (Å²) in [4.78, 5) is 0. The first-order valence-corrected chi connectivity index (χ1v) is 7.35. The smallest absolute Gasteiger partial charge is 0.164 e. The fourth-order valence-corrected chi connectivity index (χ4v) is 2.93. The lowest BCUT2D eigenvalue weighted by atomic mass is 10.1. The molecule has 2 heterocycles. The monoisotopic (exact) mass is 293 g/mol. The summed E-state index contributed by atoms with van der Waals surface area (Å²) in [6.07, 6.45) is 0.737. The minimum absolute atomic E-state index is 0.737. The van der Waals surface area contributed by atoms with Crippen LogP contribution in [0.2, 0.25) is 0 Å². The molecule has 4 rings (SSSR count). The van der Waals surface area contributed by atoms with E-state index in [0.29, 0.717) is 0 Å². The van der Waals surface area contributed by atoms with Gasteiger partial charge in [0.2, 0.25) is 0 Å². The maximum absolute atomic E-state index is 4.25. The Labute approximate surface area is 125 Å². The zero-order valence-electron chi connectivity index (χ0n) is 11.0. The summed E-state index contributed by atoms with van der Waals surface area (Å²) in [5.41, 5.74) is 3.96. The van der Waals surface area contributed by atoms with Crippen molar-refractivity contribution in [1.82, 2.24) is 24.6 Å². The molecule has 0 spiro atoms. The molecule has 0 atom stereocenters. The Bertz CT molecular complexity index is 881. The van der Waals surface area contributed by atoms with Crippen LogP contribution in [0.15, 0.2) is 54.6 Å². The summed E-state index contributed by atoms with van der Waals surface area (Å²) in [7, 11) is 0. The summed E-state index contributed by atoms with van der Waals surface area (Å²) < 4.78 is 5.90. The van der Waals surface area contributed by atoms with Gasteiger partial charge >= 0.3 is 0 Å². The van der Waals surface area contributed by atoms with Crippen LogP contribution in [-0.4, -0.2) is 24.6 Å². The third-order valence-corrected chi connectivity index (χ3v) is 4.04. The Hall–Kier alpha value is -2.60. The first-order chi connectivity index (χ1) is 10.4. The highest BCUT2D eigenvalue weighted by molar-refractivity contribution is 7.08. The lowest BCUT2D eigenvalue weighted by Gasteiger charge is -2.02. The number of hydrogen-bond acceptors (Lipinski definition) is 5. The average Bonchev–Trinajstić information content (AvgIpc) is 3.14. The molecule has 0 aliphatic heterocycles. The lowest BCUT2D eigenvalue weighted by molar-refractivity contribution is 0.821. The van der Waals surface area contributed by atoms with Gasteiger partial charge in [-0.25, -0.2) is 0 Å². The molecule has 0 radical (unpaired) electrons. The molecule has 6 heteroatoms. The summed E-state index contributed by atoms with van der Waals surface area (Å²) in [6.45, 7) is 0. The van der Waals surface area contributed by atoms with Crippen LogP contribution >= 0.6 is 11.5 Å². The summed E-state index contributed by atoms with van der Waals surface area (Å²) >= 11 is 1.34. The number of fused-ring (bicyclic) bond motifs is 1. The maximum Gasteiger partial charge on any atom is 0.164 e. The van der Waals surface area contributed by atoms with E-state index in [2.05, 4.69) is 32.0 Å². The Kier molecular flexibility index (Phi) is 2.93. The van der Waals surface area contributed by atoms with Crippen LogP contribution in [-0.2, 0) is 6.42 Å². The van der Waals surface area contributed by atoms with Gasteiger partial charge in [0, 0.05) is 18.0 Å². The average molecular weight is 293 g/mol. The minimum Gasteiger partial charge on any atom is -0.199 e. The fourth-order valence-electron chi connectivity index (χ4n) is 2.28. The van der Waals surface area contributed by atoms with Crippen molar-refractivity contribution in [3.05, 3.63) is 65.9 Å². The van der Waals surface area contributed by atoms with Gasteiger partial charge in [0.1, 0.15) is 11.2 Å². The number of hydrogen-bond donors (Lipinski definition) is 0. The number of para-hydroxylation sites is 1. The van der Waals surface area contributed by atoms with Gasteiger partial charge in [-0.15, -0.1) is 10.2 Å². The molecule has 0 fully saturated rings. The third kappa shape index (κ3) is 2.19. The van der Waals surface area contributed by atoms with Crippen molar-refractivity contribution in [2.75, 3.05) is 0 Å². The van der Waals surface area contributed by atoms with Crippen molar-refractivity contribution in [2.45, 2.75) is 6.42 Å². The number of nitrogens with zero attached hydrogens (tertiary/aromatic N) is 5. The Morgan fingerprint density at radius 1 is 0.905 bits per heavy atom. The highest BCUT2D eigenvalue weighted by Gasteiger charge is 2.14.